The Morgan fingerprint density at radius 1 is 1.33 bits per heavy atom. The minimum atomic E-state index is -0.820. The highest BCUT2D eigenvalue weighted by Gasteiger charge is 2.29. The van der Waals surface area contributed by atoms with E-state index in [-0.39, 0.29) is 5.91 Å². The lowest BCUT2D eigenvalue weighted by atomic mass is 9.88. The highest BCUT2D eigenvalue weighted by Crippen LogP contribution is 2.39. The third-order valence-corrected chi connectivity index (χ3v) is 6.33. The van der Waals surface area contributed by atoms with Crippen molar-refractivity contribution in [2.24, 2.45) is 5.92 Å². The van der Waals surface area contributed by atoms with Crippen molar-refractivity contribution >= 4 is 51.7 Å². The third-order valence-electron chi connectivity index (χ3n) is 4.32. The number of hydrogen-bond donors (Lipinski definition) is 2. The second kappa shape index (κ2) is 8.49. The normalized spacial score (nSPS) is 16.0. The van der Waals surface area contributed by atoms with Gasteiger partial charge in [-0.3, -0.25) is 14.9 Å². The van der Waals surface area contributed by atoms with Crippen LogP contribution in [-0.2, 0) is 22.4 Å². The zero-order valence-electron chi connectivity index (χ0n) is 15.0. The zero-order valence-corrected chi connectivity index (χ0v) is 16.7. The van der Waals surface area contributed by atoms with Crippen molar-refractivity contribution in [2.45, 2.75) is 26.2 Å². The van der Waals surface area contributed by atoms with Crippen molar-refractivity contribution in [2.75, 3.05) is 12.4 Å². The van der Waals surface area contributed by atoms with Gasteiger partial charge in [0.15, 0.2) is 0 Å². The summed E-state index contributed by atoms with van der Waals surface area (Å²) in [5, 5.41) is 7.40. The van der Waals surface area contributed by atoms with Crippen molar-refractivity contribution in [3.8, 4) is 0 Å². The number of carbonyl (C=O) groups is 3. The molecule has 142 valence electrons. The summed E-state index contributed by atoms with van der Waals surface area (Å²) in [7, 11) is 1.20. The van der Waals surface area contributed by atoms with E-state index in [0.29, 0.717) is 16.5 Å². The highest BCUT2D eigenvalue weighted by atomic mass is 32.1. The molecule has 0 saturated carbocycles. The first-order valence-electron chi connectivity index (χ1n) is 8.54. The topological polar surface area (TPSA) is 84.5 Å². The average Bonchev–Trinajstić information content (AvgIpc) is 3.26. The van der Waals surface area contributed by atoms with E-state index in [9.17, 15) is 14.4 Å². The predicted molar refractivity (Wildman–Crippen MR) is 107 cm³/mol. The van der Waals surface area contributed by atoms with Crippen molar-refractivity contribution in [3.05, 3.63) is 44.5 Å². The Balaban J connectivity index is 1.85. The van der Waals surface area contributed by atoms with Crippen LogP contribution in [-0.4, -0.2) is 25.0 Å². The van der Waals surface area contributed by atoms with Crippen LogP contribution < -0.4 is 10.6 Å². The van der Waals surface area contributed by atoms with Gasteiger partial charge in [-0.25, -0.2) is 4.79 Å². The average molecular weight is 405 g/mol. The molecule has 0 saturated heterocycles. The van der Waals surface area contributed by atoms with Crippen LogP contribution in [0.25, 0.3) is 6.08 Å². The molecular weight excluding hydrogens is 384 g/mol. The fourth-order valence-corrected chi connectivity index (χ4v) is 5.01. The second-order valence-electron chi connectivity index (χ2n) is 6.34. The molecule has 1 aliphatic rings. The van der Waals surface area contributed by atoms with Crippen LogP contribution in [0.3, 0.4) is 0 Å². The van der Waals surface area contributed by atoms with Crippen LogP contribution in [0.2, 0.25) is 0 Å². The van der Waals surface area contributed by atoms with Gasteiger partial charge in [-0.1, -0.05) is 13.0 Å². The summed E-state index contributed by atoms with van der Waals surface area (Å²) in [4.78, 5) is 38.4. The molecular formula is C19H20N2O4S2. The van der Waals surface area contributed by atoms with Gasteiger partial charge >= 0.3 is 6.09 Å². The monoisotopic (exact) mass is 404 g/mol. The van der Waals surface area contributed by atoms with Crippen LogP contribution in [0.15, 0.2) is 23.6 Å². The number of hydrogen-bond acceptors (Lipinski definition) is 6. The molecule has 0 aromatic carbocycles. The molecule has 0 aliphatic heterocycles. The van der Waals surface area contributed by atoms with E-state index in [2.05, 4.69) is 22.3 Å². The van der Waals surface area contributed by atoms with E-state index in [1.54, 1.807) is 6.08 Å². The summed E-state index contributed by atoms with van der Waals surface area (Å²) >= 11 is 2.94. The molecule has 6 nitrogen and oxygen atoms in total. The smallest absolute Gasteiger partial charge is 0.413 e. The van der Waals surface area contributed by atoms with Gasteiger partial charge in [0.2, 0.25) is 5.91 Å². The second-order valence-corrected chi connectivity index (χ2v) is 8.42. The molecule has 0 fully saturated rings. The van der Waals surface area contributed by atoms with Gasteiger partial charge in [0.05, 0.1) is 12.7 Å². The summed E-state index contributed by atoms with van der Waals surface area (Å²) in [5.74, 6) is -0.344. The Kier molecular flexibility index (Phi) is 6.08. The molecule has 1 aliphatic carbocycles. The van der Waals surface area contributed by atoms with Gasteiger partial charge in [-0.2, -0.15) is 0 Å². The van der Waals surface area contributed by atoms with Crippen LogP contribution >= 0.6 is 22.7 Å². The van der Waals surface area contributed by atoms with Crippen LogP contribution in [0.5, 0.6) is 0 Å². The largest absolute Gasteiger partial charge is 0.453 e. The van der Waals surface area contributed by atoms with Crippen molar-refractivity contribution in [1.82, 2.24) is 5.32 Å². The fraction of sp³-hybridized carbons (Fsp3) is 0.316. The molecule has 3 amide bonds. The maximum atomic E-state index is 12.6. The lowest BCUT2D eigenvalue weighted by Gasteiger charge is -2.18. The Hall–Kier alpha value is -2.45. The van der Waals surface area contributed by atoms with E-state index in [1.165, 1.54) is 35.9 Å². The first-order valence-corrected chi connectivity index (χ1v) is 10.2. The number of alkyl carbamates (subject to hydrolysis) is 1. The molecule has 2 aromatic rings. The third kappa shape index (κ3) is 4.64. The van der Waals surface area contributed by atoms with Crippen molar-refractivity contribution in [1.29, 1.82) is 0 Å². The van der Waals surface area contributed by atoms with Gasteiger partial charge in [0.25, 0.3) is 5.91 Å². The summed E-state index contributed by atoms with van der Waals surface area (Å²) in [6.07, 6.45) is 4.92. The van der Waals surface area contributed by atoms with E-state index in [0.717, 1.165) is 34.6 Å². The number of ether oxygens (including phenoxy) is 1. The van der Waals surface area contributed by atoms with E-state index in [4.69, 9.17) is 0 Å². The van der Waals surface area contributed by atoms with E-state index >= 15 is 0 Å². The SMILES string of the molecule is COC(=O)NC(=O)c1c(NC(=O)/C=C/c2cccs2)sc2c1CC[C@H](C)C2. The van der Waals surface area contributed by atoms with Crippen LogP contribution in [0.1, 0.15) is 39.0 Å². The lowest BCUT2D eigenvalue weighted by molar-refractivity contribution is -0.111. The fourth-order valence-electron chi connectivity index (χ4n) is 2.98. The summed E-state index contributed by atoms with van der Waals surface area (Å²) in [6, 6.07) is 3.82. The number of thiophene rings is 2. The minimum Gasteiger partial charge on any atom is -0.453 e. The number of imide groups is 1. The molecule has 2 N–H and O–H groups in total. The van der Waals surface area contributed by atoms with Gasteiger partial charge in [0.1, 0.15) is 5.00 Å². The number of rotatable bonds is 4. The van der Waals surface area contributed by atoms with E-state index < -0.39 is 12.0 Å². The highest BCUT2D eigenvalue weighted by molar-refractivity contribution is 7.17. The van der Waals surface area contributed by atoms with Crippen molar-refractivity contribution in [3.63, 3.8) is 0 Å². The van der Waals surface area contributed by atoms with Crippen LogP contribution in [0, 0.1) is 5.92 Å². The molecule has 3 rings (SSSR count). The Morgan fingerprint density at radius 2 is 2.15 bits per heavy atom. The number of anilines is 1. The molecule has 8 heteroatoms. The molecule has 2 heterocycles. The van der Waals surface area contributed by atoms with Crippen molar-refractivity contribution < 1.29 is 19.1 Å². The molecule has 0 radical (unpaired) electrons. The Labute approximate surface area is 165 Å². The van der Waals surface area contributed by atoms with Gasteiger partial charge in [0, 0.05) is 15.8 Å². The summed E-state index contributed by atoms with van der Waals surface area (Å²) < 4.78 is 4.52. The number of carbonyl (C=O) groups excluding carboxylic acids is 3. The molecule has 0 unspecified atom stereocenters. The Morgan fingerprint density at radius 3 is 2.85 bits per heavy atom. The predicted octanol–water partition coefficient (Wildman–Crippen LogP) is 4.08. The molecule has 0 bridgehead atoms. The molecule has 2 aromatic heterocycles. The first kappa shape index (κ1) is 19.3. The molecule has 1 atom stereocenters. The summed E-state index contributed by atoms with van der Waals surface area (Å²) in [5.41, 5.74) is 1.28. The van der Waals surface area contributed by atoms with Crippen LogP contribution in [0.4, 0.5) is 9.80 Å². The Bertz CT molecular complexity index is 884. The van der Waals surface area contributed by atoms with E-state index in [1.807, 2.05) is 17.5 Å². The first-order chi connectivity index (χ1) is 13.0. The van der Waals surface area contributed by atoms with Gasteiger partial charge < -0.3 is 10.1 Å². The zero-order chi connectivity index (χ0) is 19.4. The molecule has 27 heavy (non-hydrogen) atoms. The number of fused-ring (bicyclic) bond motifs is 1. The van der Waals surface area contributed by atoms with Gasteiger partial charge in [-0.05, 0) is 48.3 Å². The quantitative estimate of drug-likeness (QED) is 0.752. The number of methoxy groups -OCH3 is 1. The summed E-state index contributed by atoms with van der Waals surface area (Å²) in [6.45, 7) is 2.17. The maximum absolute atomic E-state index is 12.6. The number of nitrogens with one attached hydrogen (secondary N) is 2. The number of amides is 3. The molecule has 0 spiro atoms. The standard InChI is InChI=1S/C19H20N2O4S2/c1-11-5-7-13-14(10-11)27-18(16(13)17(23)21-19(24)25-2)20-15(22)8-6-12-4-3-9-26-12/h3-4,6,8-9,11H,5,7,10H2,1-2H3,(H,20,22)(H,21,23,24)/b8-6+/t11-/m0/s1. The lowest BCUT2D eigenvalue weighted by Crippen LogP contribution is -2.31. The maximum Gasteiger partial charge on any atom is 0.413 e. The minimum absolute atomic E-state index is 0.317. The van der Waals surface area contributed by atoms with Gasteiger partial charge in [-0.15, -0.1) is 22.7 Å².